The van der Waals surface area contributed by atoms with Crippen molar-refractivity contribution in [2.45, 2.75) is 107 Å². The number of likely N-dealkylation sites (tertiary alicyclic amines) is 2. The van der Waals surface area contributed by atoms with Gasteiger partial charge in [-0.15, -0.1) is 0 Å². The van der Waals surface area contributed by atoms with Gasteiger partial charge in [-0.05, 0) is 121 Å². The van der Waals surface area contributed by atoms with Crippen LogP contribution >= 0.6 is 23.2 Å². The summed E-state index contributed by atoms with van der Waals surface area (Å²) >= 11 is 13.1. The Hall–Kier alpha value is -3.36. The number of methoxy groups -OCH3 is 1. The van der Waals surface area contributed by atoms with Gasteiger partial charge < -0.3 is 34.5 Å². The number of rotatable bonds is 12. The first-order valence-corrected chi connectivity index (χ1v) is 23.7. The van der Waals surface area contributed by atoms with E-state index in [0.29, 0.717) is 24.0 Å². The molecule has 1 saturated carbocycles. The molecule has 5 heterocycles. The number of hydrogen-bond acceptors (Lipinski definition) is 10. The Bertz CT molecular complexity index is 2270. The molecule has 338 valence electrons. The normalized spacial score (nSPS) is 32.3. The number of halogens is 2. The molecule has 7 unspecified atom stereocenters. The van der Waals surface area contributed by atoms with Crippen LogP contribution in [0.2, 0.25) is 10.0 Å². The molecule has 1 aliphatic carbocycles. The number of Topliss-reactive ketones (excluding diaryl/α,β-unsaturated/α-hetero) is 1. The number of likely N-dealkylation sites (N-methyl/N-ethyl adjacent to an activating group) is 2. The summed E-state index contributed by atoms with van der Waals surface area (Å²) in [6, 6.07) is 22.7. The van der Waals surface area contributed by atoms with Crippen LogP contribution in [0.1, 0.15) is 56.5 Å². The number of nitrogens with one attached hydrogen (secondary N) is 2. The maximum atomic E-state index is 16.8. The quantitative estimate of drug-likeness (QED) is 0.153. The van der Waals surface area contributed by atoms with E-state index in [-0.39, 0.29) is 48.3 Å². The first-order chi connectivity index (χ1) is 30.3. The number of imidazole rings is 1. The molecule has 5 fully saturated rings. The van der Waals surface area contributed by atoms with E-state index < -0.39 is 10.8 Å². The highest BCUT2D eigenvalue weighted by Crippen LogP contribution is 2.61. The minimum atomic E-state index is -0.702. The molecule has 4 aromatic rings. The minimum absolute atomic E-state index is 0.00447. The van der Waals surface area contributed by atoms with Gasteiger partial charge in [-0.1, -0.05) is 48.3 Å². The van der Waals surface area contributed by atoms with Gasteiger partial charge in [0.05, 0.1) is 35.9 Å². The molecule has 9 rings (SSSR count). The maximum Gasteiger partial charge on any atom is 0.153 e. The van der Waals surface area contributed by atoms with Crippen LogP contribution in [0.15, 0.2) is 72.9 Å². The molecule has 2 N–H and O–H groups in total. The van der Waals surface area contributed by atoms with Gasteiger partial charge in [-0.2, -0.15) is 0 Å². The van der Waals surface area contributed by atoms with Gasteiger partial charge >= 0.3 is 0 Å². The average Bonchev–Trinajstić information content (AvgIpc) is 3.94. The van der Waals surface area contributed by atoms with E-state index in [4.69, 9.17) is 32.7 Å². The second-order valence-corrected chi connectivity index (χ2v) is 20.3. The molecule has 2 bridgehead atoms. The van der Waals surface area contributed by atoms with E-state index in [9.17, 15) is 0 Å². The van der Waals surface area contributed by atoms with Crippen LogP contribution in [-0.2, 0) is 36.1 Å². The number of hydrogen-bond donors (Lipinski definition) is 2. The molecule has 1 aromatic heterocycles. The van der Waals surface area contributed by atoms with Gasteiger partial charge in [0, 0.05) is 103 Å². The highest BCUT2D eigenvalue weighted by molar-refractivity contribution is 6.31. The largest absolute Gasteiger partial charge is 0.457 e. The standard InChI is InChI=1S/C50H66Cl2N8O3/c1-9-49-43-20-21-44(49)60(28-34-12-17-36(52)25-41(34)63-38-18-13-33(14-19-38)40-27-54-45(59(40)7)29-56(3)4)31(2)46-50(48(49)61)42(53-22-23-57(43)5)26-37(24-32-10-15-35(51)16-11-32)58(6)47(50)39(55-46)30-62-8/h10-19,25,27,31,37,39,42-44,46-47,53,55H,9,20-24,26,28-30H2,1-8H3/t31-,37-,39+,42?,43?,44?,46?,47?,49?,50?/m0/s1. The van der Waals surface area contributed by atoms with E-state index in [1.54, 1.807) is 7.11 Å². The fourth-order valence-electron chi connectivity index (χ4n) is 13.2. The molecule has 4 saturated heterocycles. The third kappa shape index (κ3) is 7.57. The van der Waals surface area contributed by atoms with Crippen LogP contribution in [0.25, 0.3) is 11.3 Å². The molecule has 63 heavy (non-hydrogen) atoms. The number of piperidine rings is 1. The molecular formula is C50H66Cl2N8O3. The van der Waals surface area contributed by atoms with Crippen LogP contribution in [0.3, 0.4) is 0 Å². The Morgan fingerprint density at radius 1 is 0.968 bits per heavy atom. The summed E-state index contributed by atoms with van der Waals surface area (Å²) in [7, 11) is 12.5. The van der Waals surface area contributed by atoms with Crippen molar-refractivity contribution in [2.24, 2.45) is 17.9 Å². The minimum Gasteiger partial charge on any atom is -0.457 e. The van der Waals surface area contributed by atoms with Crippen LogP contribution in [0, 0.1) is 10.8 Å². The zero-order valence-electron chi connectivity index (χ0n) is 38.3. The lowest BCUT2D eigenvalue weighted by Crippen LogP contribution is -2.73. The maximum absolute atomic E-state index is 16.8. The Labute approximate surface area is 384 Å². The van der Waals surface area contributed by atoms with E-state index >= 15 is 4.79 Å². The van der Waals surface area contributed by atoms with Crippen LogP contribution in [0.5, 0.6) is 11.5 Å². The van der Waals surface area contributed by atoms with Crippen molar-refractivity contribution < 1.29 is 14.3 Å². The van der Waals surface area contributed by atoms with Crippen molar-refractivity contribution in [3.05, 3.63) is 99.9 Å². The molecule has 4 aliphatic heterocycles. The number of carbonyl (C=O) groups is 1. The van der Waals surface area contributed by atoms with Gasteiger partial charge in [-0.25, -0.2) is 4.98 Å². The van der Waals surface area contributed by atoms with E-state index in [2.05, 4.69) is 119 Å². The summed E-state index contributed by atoms with van der Waals surface area (Å²) in [5, 5.41) is 9.66. The Balaban J connectivity index is 1.10. The topological polar surface area (TPSA) is 90.4 Å². The summed E-state index contributed by atoms with van der Waals surface area (Å²) < 4.78 is 15.0. The third-order valence-electron chi connectivity index (χ3n) is 16.0. The lowest BCUT2D eigenvalue weighted by atomic mass is 9.54. The zero-order chi connectivity index (χ0) is 44.4. The molecule has 3 aromatic carbocycles. The molecule has 13 heteroatoms. The second kappa shape index (κ2) is 17.8. The van der Waals surface area contributed by atoms with Crippen LogP contribution in [-0.4, -0.2) is 138 Å². The Morgan fingerprint density at radius 2 is 1.70 bits per heavy atom. The molecule has 10 atom stereocenters. The molecule has 0 amide bonds. The van der Waals surface area contributed by atoms with Crippen LogP contribution < -0.4 is 15.4 Å². The molecule has 5 aliphatic rings. The van der Waals surface area contributed by atoms with E-state index in [1.165, 1.54) is 5.56 Å². The smallest absolute Gasteiger partial charge is 0.153 e. The number of aromatic nitrogens is 2. The first kappa shape index (κ1) is 44.8. The monoisotopic (exact) mass is 896 g/mol. The summed E-state index contributed by atoms with van der Waals surface area (Å²) in [4.78, 5) is 31.3. The van der Waals surface area contributed by atoms with E-state index in [0.717, 1.165) is 90.9 Å². The number of carbonyl (C=O) groups excluding carboxylic acids is 1. The Kier molecular flexibility index (Phi) is 12.7. The fraction of sp³-hybridized carbons (Fsp3) is 0.560. The molecular weight excluding hydrogens is 832 g/mol. The van der Waals surface area contributed by atoms with Crippen molar-refractivity contribution in [1.82, 2.24) is 39.8 Å². The van der Waals surface area contributed by atoms with Crippen molar-refractivity contribution in [1.29, 1.82) is 0 Å². The second-order valence-electron chi connectivity index (χ2n) is 19.4. The summed E-state index contributed by atoms with van der Waals surface area (Å²) in [5.41, 5.74) is 3.14. The van der Waals surface area contributed by atoms with Crippen molar-refractivity contribution in [2.75, 3.05) is 55.0 Å². The molecule has 11 nitrogen and oxygen atoms in total. The third-order valence-corrected chi connectivity index (χ3v) is 16.5. The van der Waals surface area contributed by atoms with Crippen LogP contribution in [0.4, 0.5) is 0 Å². The summed E-state index contributed by atoms with van der Waals surface area (Å²) in [6.45, 7) is 8.30. The fourth-order valence-corrected chi connectivity index (χ4v) is 13.5. The van der Waals surface area contributed by atoms with Gasteiger partial charge in [-0.3, -0.25) is 14.6 Å². The average molecular weight is 898 g/mol. The van der Waals surface area contributed by atoms with E-state index in [1.807, 2.05) is 42.6 Å². The molecule has 0 radical (unpaired) electrons. The first-order valence-electron chi connectivity index (χ1n) is 23.0. The van der Waals surface area contributed by atoms with Gasteiger partial charge in [0.2, 0.25) is 0 Å². The predicted octanol–water partition coefficient (Wildman–Crippen LogP) is 7.14. The van der Waals surface area contributed by atoms with Gasteiger partial charge in [0.25, 0.3) is 0 Å². The SMILES string of the molecule is CCC12C(=O)C34C5C[C@H](Cc6ccc(Cl)cc6)N(C)C3[C@@H](COC)NC4[C@H](C)N(Cc3ccc(Cl)cc3Oc3ccc(-c4cnc(CN(C)C)n4C)cc3)C1CCC2N(C)CCN5. The number of ether oxygens (including phenoxy) is 2. The highest BCUT2D eigenvalue weighted by atomic mass is 35.5. The lowest BCUT2D eigenvalue weighted by Gasteiger charge is -2.57. The van der Waals surface area contributed by atoms with Crippen molar-refractivity contribution >= 4 is 29.0 Å². The number of nitrogens with zero attached hydrogens (tertiary/aromatic N) is 6. The number of benzene rings is 3. The van der Waals surface area contributed by atoms with Crippen molar-refractivity contribution in [3.8, 4) is 22.8 Å². The van der Waals surface area contributed by atoms with Crippen molar-refractivity contribution in [3.63, 3.8) is 0 Å². The summed E-state index contributed by atoms with van der Waals surface area (Å²) in [5.74, 6) is 2.92. The Morgan fingerprint density at radius 3 is 2.41 bits per heavy atom. The van der Waals surface area contributed by atoms with Gasteiger partial charge in [0.1, 0.15) is 17.3 Å². The number of ketones is 1. The lowest BCUT2D eigenvalue weighted by molar-refractivity contribution is -0.154. The highest BCUT2D eigenvalue weighted by Gasteiger charge is 2.76. The summed E-state index contributed by atoms with van der Waals surface area (Å²) in [6.07, 6.45) is 6.40. The zero-order valence-corrected chi connectivity index (χ0v) is 39.8. The molecule has 1 spiro atoms. The predicted molar refractivity (Wildman–Crippen MR) is 252 cm³/mol. The van der Waals surface area contributed by atoms with Gasteiger partial charge in [0.15, 0.2) is 5.78 Å².